The Morgan fingerprint density at radius 3 is 2.64 bits per heavy atom. The molecule has 0 amide bonds. The van der Waals surface area contributed by atoms with E-state index in [1.165, 1.54) is 0 Å². The maximum absolute atomic E-state index is 6.05. The second-order valence-electron chi connectivity index (χ2n) is 6.37. The molecule has 0 saturated heterocycles. The third-order valence-electron chi connectivity index (χ3n) is 4.57. The van der Waals surface area contributed by atoms with Crippen LogP contribution in [0.3, 0.4) is 0 Å². The van der Waals surface area contributed by atoms with Crippen LogP contribution >= 0.6 is 11.6 Å². The molecule has 0 bridgehead atoms. The second kappa shape index (κ2) is 7.40. The van der Waals surface area contributed by atoms with Crippen LogP contribution in [0.15, 0.2) is 53.3 Å². The largest absolute Gasteiger partial charge is 0.337 e. The first-order valence-corrected chi connectivity index (χ1v) is 9.04. The van der Waals surface area contributed by atoms with E-state index in [4.69, 9.17) is 16.1 Å². The Morgan fingerprint density at radius 1 is 1.11 bits per heavy atom. The van der Waals surface area contributed by atoms with E-state index >= 15 is 0 Å². The fourth-order valence-corrected chi connectivity index (χ4v) is 3.06. The summed E-state index contributed by atoms with van der Waals surface area (Å²) in [6, 6.07) is 10.9. The number of aromatic nitrogens is 6. The Bertz CT molecular complexity index is 1090. The molecule has 142 valence electrons. The molecular formula is C19H18ClN7O. The van der Waals surface area contributed by atoms with Crippen LogP contribution in [-0.2, 0) is 7.05 Å². The molecule has 0 saturated carbocycles. The third-order valence-corrected chi connectivity index (χ3v) is 4.80. The zero-order chi connectivity index (χ0) is 19.7. The summed E-state index contributed by atoms with van der Waals surface area (Å²) in [4.78, 5) is 10.5. The van der Waals surface area contributed by atoms with Gasteiger partial charge in [-0.25, -0.2) is 0 Å². The first-order valence-electron chi connectivity index (χ1n) is 8.66. The van der Waals surface area contributed by atoms with Crippen molar-refractivity contribution in [2.24, 2.45) is 7.05 Å². The van der Waals surface area contributed by atoms with Crippen molar-refractivity contribution in [3.05, 3.63) is 59.7 Å². The van der Waals surface area contributed by atoms with Gasteiger partial charge in [-0.05, 0) is 31.2 Å². The van der Waals surface area contributed by atoms with E-state index in [2.05, 4.69) is 25.3 Å². The van der Waals surface area contributed by atoms with E-state index in [0.29, 0.717) is 22.7 Å². The lowest BCUT2D eigenvalue weighted by Crippen LogP contribution is -2.25. The Kier molecular flexibility index (Phi) is 4.79. The summed E-state index contributed by atoms with van der Waals surface area (Å²) in [5, 5.41) is 13.3. The van der Waals surface area contributed by atoms with Crippen molar-refractivity contribution in [2.45, 2.75) is 13.0 Å². The molecule has 3 aromatic heterocycles. The third kappa shape index (κ3) is 3.34. The first-order chi connectivity index (χ1) is 13.5. The normalized spacial score (nSPS) is 12.1. The molecule has 1 atom stereocenters. The molecule has 28 heavy (non-hydrogen) atoms. The van der Waals surface area contributed by atoms with Crippen molar-refractivity contribution in [2.75, 3.05) is 11.9 Å². The van der Waals surface area contributed by atoms with Crippen LogP contribution < -0.4 is 4.90 Å². The topological polar surface area (TPSA) is 85.8 Å². The first kappa shape index (κ1) is 18.1. The minimum atomic E-state index is -0.200. The SMILES string of the molecule is C[C@H](c1nc(-c2cccc(Cl)c2)no1)N(C)c1nnc(-c2ccncc2)n1C. The number of nitrogens with zero attached hydrogens (tertiary/aromatic N) is 7. The van der Waals surface area contributed by atoms with Crippen molar-refractivity contribution in [3.8, 4) is 22.8 Å². The van der Waals surface area contributed by atoms with Gasteiger partial charge in [-0.2, -0.15) is 4.98 Å². The molecule has 0 fully saturated rings. The number of pyridine rings is 1. The second-order valence-corrected chi connectivity index (χ2v) is 6.81. The van der Waals surface area contributed by atoms with Gasteiger partial charge in [0.25, 0.3) is 0 Å². The standard InChI is InChI=1S/C19H18ClN7O/c1-12(18-22-16(25-28-18)14-5-4-6-15(20)11-14)26(2)19-24-23-17(27(19)3)13-7-9-21-10-8-13/h4-12H,1-3H3/t12-/m1/s1. The average Bonchev–Trinajstić information content (AvgIpc) is 3.35. The number of hydrogen-bond donors (Lipinski definition) is 0. The molecule has 9 heteroatoms. The molecule has 4 aromatic rings. The van der Waals surface area contributed by atoms with E-state index in [1.54, 1.807) is 24.5 Å². The Labute approximate surface area is 166 Å². The highest BCUT2D eigenvalue weighted by Gasteiger charge is 2.24. The highest BCUT2D eigenvalue weighted by molar-refractivity contribution is 6.30. The van der Waals surface area contributed by atoms with E-state index in [9.17, 15) is 0 Å². The highest BCUT2D eigenvalue weighted by atomic mass is 35.5. The molecule has 8 nitrogen and oxygen atoms in total. The van der Waals surface area contributed by atoms with Gasteiger partial charge in [-0.1, -0.05) is 28.9 Å². The summed E-state index contributed by atoms with van der Waals surface area (Å²) in [7, 11) is 3.83. The number of hydrogen-bond acceptors (Lipinski definition) is 7. The smallest absolute Gasteiger partial charge is 0.249 e. The number of benzene rings is 1. The summed E-state index contributed by atoms with van der Waals surface area (Å²) in [5.41, 5.74) is 1.74. The minimum absolute atomic E-state index is 0.200. The van der Waals surface area contributed by atoms with E-state index in [-0.39, 0.29) is 6.04 Å². The molecule has 0 aliphatic heterocycles. The van der Waals surface area contributed by atoms with Crippen molar-refractivity contribution in [3.63, 3.8) is 0 Å². The predicted octanol–water partition coefficient (Wildman–Crippen LogP) is 3.78. The van der Waals surface area contributed by atoms with E-state index < -0.39 is 0 Å². The van der Waals surface area contributed by atoms with Crippen LogP contribution in [0.1, 0.15) is 18.9 Å². The maximum atomic E-state index is 6.05. The van der Waals surface area contributed by atoms with Gasteiger partial charge in [0.2, 0.25) is 17.7 Å². The number of rotatable bonds is 5. The summed E-state index contributed by atoms with van der Waals surface area (Å²) in [6.45, 7) is 1.97. The van der Waals surface area contributed by atoms with Crippen LogP contribution in [0.5, 0.6) is 0 Å². The van der Waals surface area contributed by atoms with Gasteiger partial charge in [-0.3, -0.25) is 9.55 Å². The summed E-state index contributed by atoms with van der Waals surface area (Å²) in [6.07, 6.45) is 3.46. The van der Waals surface area contributed by atoms with Crippen LogP contribution in [0, 0.1) is 0 Å². The summed E-state index contributed by atoms with van der Waals surface area (Å²) >= 11 is 6.05. The molecule has 0 spiro atoms. The van der Waals surface area contributed by atoms with Crippen LogP contribution in [-0.4, -0.2) is 36.9 Å². The molecule has 3 heterocycles. The van der Waals surface area contributed by atoms with Crippen molar-refractivity contribution in [1.29, 1.82) is 0 Å². The number of halogens is 1. The molecule has 0 unspecified atom stereocenters. The van der Waals surface area contributed by atoms with Gasteiger partial charge >= 0.3 is 0 Å². The molecule has 0 N–H and O–H groups in total. The highest BCUT2D eigenvalue weighted by Crippen LogP contribution is 2.27. The molecule has 0 aliphatic rings. The maximum Gasteiger partial charge on any atom is 0.249 e. The quantitative estimate of drug-likeness (QED) is 0.508. The van der Waals surface area contributed by atoms with Crippen molar-refractivity contribution in [1.82, 2.24) is 29.9 Å². The van der Waals surface area contributed by atoms with E-state index in [0.717, 1.165) is 17.0 Å². The zero-order valence-corrected chi connectivity index (χ0v) is 16.4. The zero-order valence-electron chi connectivity index (χ0n) is 15.6. The van der Waals surface area contributed by atoms with Gasteiger partial charge in [0.1, 0.15) is 6.04 Å². The van der Waals surface area contributed by atoms with Gasteiger partial charge < -0.3 is 9.42 Å². The Morgan fingerprint density at radius 2 is 1.89 bits per heavy atom. The van der Waals surface area contributed by atoms with Gasteiger partial charge in [0, 0.05) is 42.6 Å². The van der Waals surface area contributed by atoms with Gasteiger partial charge in [0.05, 0.1) is 0 Å². The predicted molar refractivity (Wildman–Crippen MR) is 106 cm³/mol. The molecule has 0 radical (unpaired) electrons. The molecular weight excluding hydrogens is 378 g/mol. The lowest BCUT2D eigenvalue weighted by atomic mass is 10.2. The van der Waals surface area contributed by atoms with Gasteiger partial charge in [-0.15, -0.1) is 10.2 Å². The molecule has 1 aromatic carbocycles. The Hall–Kier alpha value is -3.26. The summed E-state index contributed by atoms with van der Waals surface area (Å²) < 4.78 is 7.40. The van der Waals surface area contributed by atoms with Crippen molar-refractivity contribution >= 4 is 17.5 Å². The minimum Gasteiger partial charge on any atom is -0.337 e. The van der Waals surface area contributed by atoms with Crippen LogP contribution in [0.25, 0.3) is 22.8 Å². The van der Waals surface area contributed by atoms with Crippen LogP contribution in [0.4, 0.5) is 5.95 Å². The Balaban J connectivity index is 1.59. The molecule has 4 rings (SSSR count). The van der Waals surface area contributed by atoms with E-state index in [1.807, 2.05) is 54.8 Å². The van der Waals surface area contributed by atoms with Crippen LogP contribution in [0.2, 0.25) is 5.02 Å². The lowest BCUT2D eigenvalue weighted by molar-refractivity contribution is 0.357. The van der Waals surface area contributed by atoms with Crippen molar-refractivity contribution < 1.29 is 4.52 Å². The monoisotopic (exact) mass is 395 g/mol. The van der Waals surface area contributed by atoms with Gasteiger partial charge in [0.15, 0.2) is 5.82 Å². The fraction of sp³-hybridized carbons (Fsp3) is 0.211. The lowest BCUT2D eigenvalue weighted by Gasteiger charge is -2.22. The average molecular weight is 396 g/mol. The number of anilines is 1. The fourth-order valence-electron chi connectivity index (χ4n) is 2.87. The molecule has 0 aliphatic carbocycles. The summed E-state index contributed by atoms with van der Waals surface area (Å²) in [5.74, 6) is 2.41.